The Balaban J connectivity index is 0. The molecule has 74 valence electrons. The molecule has 0 aliphatic rings. The third-order valence-corrected chi connectivity index (χ3v) is 1.83. The second kappa shape index (κ2) is 5.88. The van der Waals surface area contributed by atoms with Crippen molar-refractivity contribution in [2.24, 2.45) is 5.73 Å². The van der Waals surface area contributed by atoms with Gasteiger partial charge in [0, 0.05) is 6.54 Å². The van der Waals surface area contributed by atoms with Crippen LogP contribution in [0.1, 0.15) is 6.99 Å². The van der Waals surface area contributed by atoms with E-state index >= 15 is 0 Å². The van der Waals surface area contributed by atoms with E-state index < -0.39 is 7.82 Å². The van der Waals surface area contributed by atoms with Gasteiger partial charge in [-0.3, -0.25) is 9.79 Å². The van der Waals surface area contributed by atoms with Crippen LogP contribution in [0.5, 0.6) is 5.75 Å². The third kappa shape index (κ3) is 5.12. The van der Waals surface area contributed by atoms with E-state index in [1.165, 1.54) is 12.1 Å². The van der Waals surface area contributed by atoms with Crippen LogP contribution in [-0.4, -0.2) is 9.79 Å². The molecule has 0 aliphatic heterocycles. The van der Waals surface area contributed by atoms with Gasteiger partial charge in [0.2, 0.25) is 0 Å². The van der Waals surface area contributed by atoms with Crippen molar-refractivity contribution in [1.29, 1.82) is 0 Å². The van der Waals surface area contributed by atoms with Crippen molar-refractivity contribution in [1.82, 2.24) is 0 Å². The zero-order chi connectivity index (χ0) is 9.90. The minimum atomic E-state index is -4.44. The fraction of sp³-hybridized carbons (Fsp3) is 0.143. The van der Waals surface area contributed by atoms with E-state index in [1.54, 1.807) is 12.1 Å². The maximum atomic E-state index is 10.4. The summed E-state index contributed by atoms with van der Waals surface area (Å²) >= 11 is 0. The molecule has 0 saturated heterocycles. The van der Waals surface area contributed by atoms with Crippen molar-refractivity contribution < 1.29 is 49.9 Å². The number of nitrogens with two attached hydrogens (primary N) is 1. The molecule has 0 heterocycles. The predicted octanol–water partition coefficient (Wildman–Crippen LogP) is -2.27. The number of phosphoric ester groups is 1. The van der Waals surface area contributed by atoms with E-state index in [4.69, 9.17) is 15.5 Å². The molecule has 0 atom stereocenters. The first-order chi connectivity index (χ1) is 6.01. The molecule has 1 aromatic rings. The Hall–Kier alpha value is 0.130. The van der Waals surface area contributed by atoms with Crippen LogP contribution in [0.25, 0.3) is 0 Å². The average molecular weight is 227 g/mol. The van der Waals surface area contributed by atoms with Crippen molar-refractivity contribution in [3.8, 4) is 5.75 Å². The maximum absolute atomic E-state index is 10.4. The standard InChI is InChI=1S/C7H10NO4P.Na.H/c8-5-6-1-3-7(4-2-6)12-13(9,10)11;;/h1-4H,5,8H2,(H2,9,10,11);;/q;+1;-1. The Kier molecular flexibility index (Phi) is 5.93. The normalized spacial score (nSPS) is 10.5. The minimum Gasteiger partial charge on any atom is -1.00 e. The van der Waals surface area contributed by atoms with Gasteiger partial charge >= 0.3 is 37.4 Å². The van der Waals surface area contributed by atoms with Crippen LogP contribution < -0.4 is 39.8 Å². The summed E-state index contributed by atoms with van der Waals surface area (Å²) in [6.07, 6.45) is 0. The number of hydrogen-bond acceptors (Lipinski definition) is 3. The van der Waals surface area contributed by atoms with Crippen molar-refractivity contribution in [2.45, 2.75) is 6.54 Å². The molecule has 0 radical (unpaired) electrons. The van der Waals surface area contributed by atoms with E-state index in [0.29, 0.717) is 6.54 Å². The first-order valence-electron chi connectivity index (χ1n) is 3.55. The number of benzene rings is 1. The van der Waals surface area contributed by atoms with Crippen LogP contribution >= 0.6 is 7.82 Å². The van der Waals surface area contributed by atoms with Crippen LogP contribution in [0.15, 0.2) is 24.3 Å². The first-order valence-corrected chi connectivity index (χ1v) is 5.08. The summed E-state index contributed by atoms with van der Waals surface area (Å²) in [5.41, 5.74) is 6.21. The molecule has 0 spiro atoms. The van der Waals surface area contributed by atoms with E-state index in [9.17, 15) is 4.57 Å². The van der Waals surface area contributed by atoms with Crippen LogP contribution in [0, 0.1) is 0 Å². The van der Waals surface area contributed by atoms with Gasteiger partial charge in [-0.2, -0.15) is 0 Å². The summed E-state index contributed by atoms with van der Waals surface area (Å²) in [4.78, 5) is 16.9. The molecule has 0 aromatic heterocycles. The topological polar surface area (TPSA) is 92.8 Å². The van der Waals surface area contributed by atoms with E-state index in [1.807, 2.05) is 0 Å². The van der Waals surface area contributed by atoms with Gasteiger partial charge in [0.25, 0.3) is 0 Å². The molecule has 1 aromatic carbocycles. The molecular weight excluding hydrogens is 216 g/mol. The summed E-state index contributed by atoms with van der Waals surface area (Å²) in [6.45, 7) is 0.385. The molecule has 5 nitrogen and oxygen atoms in total. The molecule has 0 aliphatic carbocycles. The molecule has 0 bridgehead atoms. The average Bonchev–Trinajstić information content (AvgIpc) is 2.03. The van der Waals surface area contributed by atoms with E-state index in [0.717, 1.165) is 5.56 Å². The van der Waals surface area contributed by atoms with Crippen LogP contribution in [0.3, 0.4) is 0 Å². The molecule has 0 fully saturated rings. The van der Waals surface area contributed by atoms with Crippen LogP contribution in [0.2, 0.25) is 0 Å². The van der Waals surface area contributed by atoms with Gasteiger partial charge in [-0.25, -0.2) is 4.57 Å². The fourth-order valence-corrected chi connectivity index (χ4v) is 1.22. The summed E-state index contributed by atoms with van der Waals surface area (Å²) in [5, 5.41) is 0. The van der Waals surface area contributed by atoms with Crippen LogP contribution in [-0.2, 0) is 11.1 Å². The second-order valence-electron chi connectivity index (χ2n) is 2.43. The van der Waals surface area contributed by atoms with Gasteiger partial charge in [0.1, 0.15) is 5.75 Å². The third-order valence-electron chi connectivity index (χ3n) is 1.38. The van der Waals surface area contributed by atoms with E-state index in [-0.39, 0.29) is 36.7 Å². The van der Waals surface area contributed by atoms with Crippen molar-refractivity contribution >= 4 is 7.82 Å². The SMILES string of the molecule is NCc1ccc(OP(=O)(O)O)cc1.[H-].[Na+]. The van der Waals surface area contributed by atoms with Crippen LogP contribution in [0.4, 0.5) is 0 Å². The Morgan fingerprint density at radius 2 is 1.86 bits per heavy atom. The minimum absolute atomic E-state index is 0. The molecule has 0 saturated carbocycles. The predicted molar refractivity (Wildman–Crippen MR) is 48.1 cm³/mol. The molecule has 14 heavy (non-hydrogen) atoms. The zero-order valence-electron chi connectivity index (χ0n) is 8.75. The second-order valence-corrected chi connectivity index (χ2v) is 3.59. The molecule has 4 N–H and O–H groups in total. The summed E-state index contributed by atoms with van der Waals surface area (Å²) in [5.74, 6) is 0.130. The Morgan fingerprint density at radius 1 is 1.36 bits per heavy atom. The summed E-state index contributed by atoms with van der Waals surface area (Å²) in [6, 6.07) is 6.21. The zero-order valence-corrected chi connectivity index (χ0v) is 10.6. The molecular formula is C7H11NNaO4P. The van der Waals surface area contributed by atoms with E-state index in [2.05, 4.69) is 4.52 Å². The Bertz CT molecular complexity index is 328. The first kappa shape index (κ1) is 14.1. The smallest absolute Gasteiger partial charge is 1.00 e. The van der Waals surface area contributed by atoms with Gasteiger partial charge in [0.05, 0.1) is 0 Å². The monoisotopic (exact) mass is 227 g/mol. The quantitative estimate of drug-likeness (QED) is 0.400. The largest absolute Gasteiger partial charge is 1.00 e. The van der Waals surface area contributed by atoms with Crippen molar-refractivity contribution in [2.75, 3.05) is 0 Å². The van der Waals surface area contributed by atoms with Gasteiger partial charge in [-0.1, -0.05) is 12.1 Å². The fourth-order valence-electron chi connectivity index (χ4n) is 0.824. The molecule has 0 amide bonds. The molecule has 1 rings (SSSR count). The van der Waals surface area contributed by atoms with Gasteiger partial charge in [0.15, 0.2) is 0 Å². The van der Waals surface area contributed by atoms with Crippen molar-refractivity contribution in [3.63, 3.8) is 0 Å². The maximum Gasteiger partial charge on any atom is 1.00 e. The molecule has 7 heteroatoms. The molecule has 0 unspecified atom stereocenters. The van der Waals surface area contributed by atoms with Gasteiger partial charge in [-0.05, 0) is 17.7 Å². The summed E-state index contributed by atoms with van der Waals surface area (Å²) in [7, 11) is -4.44. The number of phosphoric acid groups is 1. The van der Waals surface area contributed by atoms with Gasteiger partial charge in [-0.15, -0.1) is 0 Å². The number of hydrogen-bond donors (Lipinski definition) is 3. The van der Waals surface area contributed by atoms with Crippen molar-refractivity contribution in [3.05, 3.63) is 29.8 Å². The summed E-state index contributed by atoms with van der Waals surface area (Å²) < 4.78 is 14.7. The van der Waals surface area contributed by atoms with Gasteiger partial charge < -0.3 is 11.7 Å². The Labute approximate surface area is 105 Å². The Morgan fingerprint density at radius 3 is 2.21 bits per heavy atom. The number of rotatable bonds is 3.